The fourth-order valence-electron chi connectivity index (χ4n) is 3.48. The van der Waals surface area contributed by atoms with Crippen molar-refractivity contribution in [1.29, 1.82) is 0 Å². The molecule has 0 saturated carbocycles. The van der Waals surface area contributed by atoms with Crippen LogP contribution in [-0.4, -0.2) is 48.2 Å². The number of ether oxygens (including phenoxy) is 3. The van der Waals surface area contributed by atoms with Gasteiger partial charge in [0.1, 0.15) is 6.54 Å². The van der Waals surface area contributed by atoms with Gasteiger partial charge in [-0.2, -0.15) is 5.10 Å². The van der Waals surface area contributed by atoms with Crippen molar-refractivity contribution in [2.24, 2.45) is 0 Å². The molecular formula is C21H27N3O5. The van der Waals surface area contributed by atoms with Crippen molar-refractivity contribution in [1.82, 2.24) is 15.1 Å². The molecule has 1 saturated heterocycles. The standard InChI is InChI=1S/C21H27N3O5/c1-21(2)12-15(9-10-29-21)22-19(25)13-24-20(26)8-6-16(23-24)14-5-7-17(27-3)18(11-14)28-4/h5-8,11,15H,9-10,12-13H2,1-4H3,(H,22,25)/t15-/m1/s1. The summed E-state index contributed by atoms with van der Waals surface area (Å²) < 4.78 is 17.4. The van der Waals surface area contributed by atoms with E-state index < -0.39 is 0 Å². The van der Waals surface area contributed by atoms with Crippen LogP contribution >= 0.6 is 0 Å². The molecule has 0 radical (unpaired) electrons. The zero-order chi connectivity index (χ0) is 21.0. The summed E-state index contributed by atoms with van der Waals surface area (Å²) in [5.41, 5.74) is 0.712. The molecule has 8 heteroatoms. The third kappa shape index (κ3) is 5.14. The largest absolute Gasteiger partial charge is 0.493 e. The van der Waals surface area contributed by atoms with Gasteiger partial charge in [0.15, 0.2) is 11.5 Å². The Morgan fingerprint density at radius 1 is 1.24 bits per heavy atom. The minimum atomic E-state index is -0.336. The van der Waals surface area contributed by atoms with E-state index in [0.29, 0.717) is 23.8 Å². The molecule has 156 valence electrons. The van der Waals surface area contributed by atoms with Gasteiger partial charge in [0.05, 0.1) is 25.5 Å². The normalized spacial score (nSPS) is 18.1. The maximum Gasteiger partial charge on any atom is 0.267 e. The van der Waals surface area contributed by atoms with Crippen LogP contribution in [0.3, 0.4) is 0 Å². The molecule has 0 spiro atoms. The van der Waals surface area contributed by atoms with E-state index in [9.17, 15) is 9.59 Å². The lowest BCUT2D eigenvalue weighted by molar-refractivity contribution is -0.124. The van der Waals surface area contributed by atoms with Gasteiger partial charge in [0, 0.05) is 24.3 Å². The van der Waals surface area contributed by atoms with Gasteiger partial charge in [-0.1, -0.05) is 0 Å². The van der Waals surface area contributed by atoms with Crippen LogP contribution in [0.5, 0.6) is 11.5 Å². The summed E-state index contributed by atoms with van der Waals surface area (Å²) in [5, 5.41) is 7.34. The SMILES string of the molecule is COc1ccc(-c2ccc(=O)n(CC(=O)N[C@@H]3CCOC(C)(C)C3)n2)cc1OC. The molecule has 2 aromatic rings. The van der Waals surface area contributed by atoms with Crippen molar-refractivity contribution in [3.63, 3.8) is 0 Å². The Morgan fingerprint density at radius 3 is 2.69 bits per heavy atom. The second-order valence-electron chi connectivity index (χ2n) is 7.65. The molecule has 0 aliphatic carbocycles. The summed E-state index contributed by atoms with van der Waals surface area (Å²) in [5.74, 6) is 0.916. The zero-order valence-electron chi connectivity index (χ0n) is 17.2. The Morgan fingerprint density at radius 2 is 2.00 bits per heavy atom. The van der Waals surface area contributed by atoms with E-state index in [1.54, 1.807) is 32.4 Å². The maximum atomic E-state index is 12.5. The fourth-order valence-corrected chi connectivity index (χ4v) is 3.48. The summed E-state index contributed by atoms with van der Waals surface area (Å²) in [7, 11) is 3.12. The average molecular weight is 401 g/mol. The van der Waals surface area contributed by atoms with Crippen LogP contribution in [-0.2, 0) is 16.1 Å². The predicted octanol–water partition coefficient (Wildman–Crippen LogP) is 2.00. The second kappa shape index (κ2) is 8.65. The van der Waals surface area contributed by atoms with E-state index in [4.69, 9.17) is 14.2 Å². The van der Waals surface area contributed by atoms with Crippen molar-refractivity contribution < 1.29 is 19.0 Å². The monoisotopic (exact) mass is 401 g/mol. The predicted molar refractivity (Wildman–Crippen MR) is 108 cm³/mol. The quantitative estimate of drug-likeness (QED) is 0.796. The average Bonchev–Trinajstić information content (AvgIpc) is 2.68. The molecule has 2 heterocycles. The molecule has 1 aliphatic heterocycles. The highest BCUT2D eigenvalue weighted by Gasteiger charge is 2.29. The van der Waals surface area contributed by atoms with Crippen LogP contribution in [0.4, 0.5) is 0 Å². The number of rotatable bonds is 6. The first-order valence-corrected chi connectivity index (χ1v) is 9.55. The van der Waals surface area contributed by atoms with Gasteiger partial charge < -0.3 is 19.5 Å². The van der Waals surface area contributed by atoms with Gasteiger partial charge >= 0.3 is 0 Å². The Balaban J connectivity index is 1.76. The van der Waals surface area contributed by atoms with E-state index in [1.165, 1.54) is 10.7 Å². The number of hydrogen-bond acceptors (Lipinski definition) is 6. The van der Waals surface area contributed by atoms with Crippen molar-refractivity contribution >= 4 is 5.91 Å². The lowest BCUT2D eigenvalue weighted by atomic mass is 9.94. The molecule has 29 heavy (non-hydrogen) atoms. The molecule has 0 unspecified atom stereocenters. The van der Waals surface area contributed by atoms with Gasteiger partial charge in [-0.3, -0.25) is 9.59 Å². The molecule has 1 N–H and O–H groups in total. The lowest BCUT2D eigenvalue weighted by Crippen LogP contribution is -2.47. The fraction of sp³-hybridized carbons (Fsp3) is 0.476. The number of benzene rings is 1. The molecular weight excluding hydrogens is 374 g/mol. The van der Waals surface area contributed by atoms with Crippen LogP contribution in [0.2, 0.25) is 0 Å². The number of hydrogen-bond donors (Lipinski definition) is 1. The number of carbonyl (C=O) groups excluding carboxylic acids is 1. The molecule has 0 bridgehead atoms. The third-order valence-corrected chi connectivity index (χ3v) is 4.90. The number of nitrogens with one attached hydrogen (secondary N) is 1. The molecule has 8 nitrogen and oxygen atoms in total. The number of aromatic nitrogens is 2. The first-order chi connectivity index (χ1) is 13.8. The van der Waals surface area contributed by atoms with Gasteiger partial charge in [-0.15, -0.1) is 0 Å². The molecule has 1 amide bonds. The highest BCUT2D eigenvalue weighted by molar-refractivity contribution is 5.76. The van der Waals surface area contributed by atoms with Gasteiger partial charge in [-0.25, -0.2) is 4.68 Å². The summed E-state index contributed by atoms with van der Waals surface area (Å²) in [4.78, 5) is 24.7. The van der Waals surface area contributed by atoms with E-state index in [1.807, 2.05) is 19.9 Å². The molecule has 1 aromatic heterocycles. The van der Waals surface area contributed by atoms with Crippen molar-refractivity contribution in [3.05, 3.63) is 40.7 Å². The number of nitrogens with zero attached hydrogens (tertiary/aromatic N) is 2. The Kier molecular flexibility index (Phi) is 6.22. The molecule has 3 rings (SSSR count). The van der Waals surface area contributed by atoms with Crippen LogP contribution < -0.4 is 20.3 Å². The molecule has 1 aliphatic rings. The number of carbonyl (C=O) groups is 1. The number of methoxy groups -OCH3 is 2. The first-order valence-electron chi connectivity index (χ1n) is 9.55. The maximum absolute atomic E-state index is 12.5. The summed E-state index contributed by atoms with van der Waals surface area (Å²) in [6.45, 7) is 4.47. The summed E-state index contributed by atoms with van der Waals surface area (Å²) in [6, 6.07) is 8.42. The minimum absolute atomic E-state index is 0.0241. The van der Waals surface area contributed by atoms with Crippen LogP contribution in [0.25, 0.3) is 11.3 Å². The number of amides is 1. The van der Waals surface area contributed by atoms with E-state index in [0.717, 1.165) is 18.4 Å². The van der Waals surface area contributed by atoms with Crippen LogP contribution in [0.15, 0.2) is 35.1 Å². The first kappa shape index (κ1) is 20.9. The minimum Gasteiger partial charge on any atom is -0.493 e. The topological polar surface area (TPSA) is 91.7 Å². The molecule has 1 aromatic carbocycles. The third-order valence-electron chi connectivity index (χ3n) is 4.90. The molecule has 1 fully saturated rings. The van der Waals surface area contributed by atoms with Crippen LogP contribution in [0, 0.1) is 0 Å². The van der Waals surface area contributed by atoms with Gasteiger partial charge in [0.2, 0.25) is 5.91 Å². The van der Waals surface area contributed by atoms with Crippen LogP contribution in [0.1, 0.15) is 26.7 Å². The van der Waals surface area contributed by atoms with Crippen molar-refractivity contribution in [2.75, 3.05) is 20.8 Å². The highest BCUT2D eigenvalue weighted by Crippen LogP contribution is 2.31. The van der Waals surface area contributed by atoms with Gasteiger partial charge in [-0.05, 0) is 51.0 Å². The molecule has 1 atom stereocenters. The second-order valence-corrected chi connectivity index (χ2v) is 7.65. The van der Waals surface area contributed by atoms with E-state index in [-0.39, 0.29) is 29.7 Å². The Labute approximate surface area is 169 Å². The zero-order valence-corrected chi connectivity index (χ0v) is 17.2. The van der Waals surface area contributed by atoms with E-state index >= 15 is 0 Å². The summed E-state index contributed by atoms with van der Waals surface area (Å²) in [6.07, 6.45) is 1.48. The van der Waals surface area contributed by atoms with Gasteiger partial charge in [0.25, 0.3) is 5.56 Å². The van der Waals surface area contributed by atoms with Crippen molar-refractivity contribution in [3.8, 4) is 22.8 Å². The summed E-state index contributed by atoms with van der Waals surface area (Å²) >= 11 is 0. The Hall–Kier alpha value is -2.87. The highest BCUT2D eigenvalue weighted by atomic mass is 16.5. The van der Waals surface area contributed by atoms with E-state index in [2.05, 4.69) is 10.4 Å². The van der Waals surface area contributed by atoms with Crippen molar-refractivity contribution in [2.45, 2.75) is 44.9 Å². The smallest absolute Gasteiger partial charge is 0.267 e. The lowest BCUT2D eigenvalue weighted by Gasteiger charge is -2.35. The Bertz CT molecular complexity index is 938.